The third kappa shape index (κ3) is 3.27. The number of amides is 1. The van der Waals surface area contributed by atoms with Gasteiger partial charge in [0.1, 0.15) is 0 Å². The normalized spacial score (nSPS) is 9.81. The number of hydrogen-bond acceptors (Lipinski definition) is 3. The molecule has 0 bridgehead atoms. The molecule has 0 spiro atoms. The molecule has 0 aromatic heterocycles. The van der Waals surface area contributed by atoms with Crippen molar-refractivity contribution in [3.8, 4) is 0 Å². The summed E-state index contributed by atoms with van der Waals surface area (Å²) >= 11 is 0. The lowest BCUT2D eigenvalue weighted by Crippen LogP contribution is -2.11. The molecule has 16 heavy (non-hydrogen) atoms. The van der Waals surface area contributed by atoms with E-state index in [1.54, 1.807) is 0 Å². The van der Waals surface area contributed by atoms with Crippen LogP contribution in [-0.2, 0) is 4.79 Å². The predicted molar refractivity (Wildman–Crippen MR) is 61.4 cm³/mol. The van der Waals surface area contributed by atoms with E-state index in [2.05, 4.69) is 5.32 Å². The second kappa shape index (κ2) is 5.16. The summed E-state index contributed by atoms with van der Waals surface area (Å²) < 4.78 is 0. The SMILES string of the molecule is CCCC(=O)Nc1cc(N)cc(C(=O)O)c1. The third-order valence-corrected chi connectivity index (χ3v) is 1.96. The molecule has 0 radical (unpaired) electrons. The summed E-state index contributed by atoms with van der Waals surface area (Å²) in [6, 6.07) is 4.25. The molecule has 0 saturated carbocycles. The molecule has 1 aromatic rings. The number of carbonyl (C=O) groups is 2. The van der Waals surface area contributed by atoms with Gasteiger partial charge in [-0.15, -0.1) is 0 Å². The number of nitrogen functional groups attached to an aromatic ring is 1. The molecule has 0 heterocycles. The number of rotatable bonds is 4. The summed E-state index contributed by atoms with van der Waals surface area (Å²) in [5, 5.41) is 11.4. The average molecular weight is 222 g/mol. The van der Waals surface area contributed by atoms with E-state index in [0.29, 0.717) is 17.8 Å². The van der Waals surface area contributed by atoms with Gasteiger partial charge in [-0.25, -0.2) is 4.79 Å². The summed E-state index contributed by atoms with van der Waals surface area (Å²) in [5.41, 5.74) is 6.32. The zero-order valence-electron chi connectivity index (χ0n) is 8.99. The van der Waals surface area contributed by atoms with E-state index in [-0.39, 0.29) is 11.5 Å². The first-order valence-corrected chi connectivity index (χ1v) is 4.96. The van der Waals surface area contributed by atoms with Crippen molar-refractivity contribution in [3.05, 3.63) is 23.8 Å². The van der Waals surface area contributed by atoms with Crippen molar-refractivity contribution in [2.75, 3.05) is 11.1 Å². The second-order valence-electron chi connectivity index (χ2n) is 3.45. The Morgan fingerprint density at radius 2 is 2.06 bits per heavy atom. The van der Waals surface area contributed by atoms with Gasteiger partial charge in [-0.05, 0) is 24.6 Å². The number of aromatic carboxylic acids is 1. The lowest BCUT2D eigenvalue weighted by molar-refractivity contribution is -0.116. The van der Waals surface area contributed by atoms with Gasteiger partial charge < -0.3 is 16.2 Å². The monoisotopic (exact) mass is 222 g/mol. The molecule has 0 aliphatic heterocycles. The van der Waals surface area contributed by atoms with Gasteiger partial charge >= 0.3 is 5.97 Å². The molecule has 0 aliphatic rings. The number of nitrogens with two attached hydrogens (primary N) is 1. The largest absolute Gasteiger partial charge is 0.478 e. The standard InChI is InChI=1S/C11H14N2O3/c1-2-3-10(14)13-9-5-7(11(15)16)4-8(12)6-9/h4-6H,2-3,12H2,1H3,(H,13,14)(H,15,16). The van der Waals surface area contributed by atoms with Gasteiger partial charge in [0.2, 0.25) is 5.91 Å². The molecular weight excluding hydrogens is 208 g/mol. The third-order valence-electron chi connectivity index (χ3n) is 1.96. The van der Waals surface area contributed by atoms with Crippen LogP contribution in [-0.4, -0.2) is 17.0 Å². The van der Waals surface area contributed by atoms with E-state index in [9.17, 15) is 9.59 Å². The van der Waals surface area contributed by atoms with Crippen molar-refractivity contribution >= 4 is 23.3 Å². The van der Waals surface area contributed by atoms with Gasteiger partial charge in [0.05, 0.1) is 5.56 Å². The number of carboxylic acids is 1. The maximum absolute atomic E-state index is 11.3. The Morgan fingerprint density at radius 1 is 1.38 bits per heavy atom. The van der Waals surface area contributed by atoms with Crippen LogP contribution < -0.4 is 11.1 Å². The Kier molecular flexibility index (Phi) is 3.88. The Morgan fingerprint density at radius 3 is 2.62 bits per heavy atom. The summed E-state index contributed by atoms with van der Waals surface area (Å²) in [5.74, 6) is -1.22. The van der Waals surface area contributed by atoms with Gasteiger partial charge in [-0.1, -0.05) is 6.92 Å². The van der Waals surface area contributed by atoms with Gasteiger partial charge in [0.25, 0.3) is 0 Å². The van der Waals surface area contributed by atoms with Gasteiger partial charge in [0, 0.05) is 17.8 Å². The Hall–Kier alpha value is -2.04. The number of nitrogens with one attached hydrogen (secondary N) is 1. The van der Waals surface area contributed by atoms with E-state index in [4.69, 9.17) is 10.8 Å². The van der Waals surface area contributed by atoms with Crippen LogP contribution in [0.3, 0.4) is 0 Å². The first kappa shape index (κ1) is 12.0. The van der Waals surface area contributed by atoms with Crippen LogP contribution in [0, 0.1) is 0 Å². The van der Waals surface area contributed by atoms with Gasteiger partial charge in [0.15, 0.2) is 0 Å². The van der Waals surface area contributed by atoms with Crippen LogP contribution in [0.25, 0.3) is 0 Å². The quantitative estimate of drug-likeness (QED) is 0.676. The van der Waals surface area contributed by atoms with Crippen molar-refractivity contribution in [1.82, 2.24) is 0 Å². The molecule has 86 valence electrons. The van der Waals surface area contributed by atoms with E-state index in [1.165, 1.54) is 18.2 Å². The molecule has 1 amide bonds. The molecule has 1 rings (SSSR count). The van der Waals surface area contributed by atoms with Crippen molar-refractivity contribution in [2.24, 2.45) is 0 Å². The van der Waals surface area contributed by atoms with Crippen LogP contribution in [0.15, 0.2) is 18.2 Å². The minimum atomic E-state index is -1.07. The highest BCUT2D eigenvalue weighted by molar-refractivity contribution is 5.95. The molecule has 0 unspecified atom stereocenters. The molecule has 4 N–H and O–H groups in total. The first-order valence-electron chi connectivity index (χ1n) is 4.96. The van der Waals surface area contributed by atoms with Crippen molar-refractivity contribution in [2.45, 2.75) is 19.8 Å². The lowest BCUT2D eigenvalue weighted by atomic mass is 10.1. The van der Waals surface area contributed by atoms with Crippen LogP contribution in [0.5, 0.6) is 0 Å². The van der Waals surface area contributed by atoms with E-state index >= 15 is 0 Å². The maximum atomic E-state index is 11.3. The summed E-state index contributed by atoms with van der Waals surface area (Å²) in [7, 11) is 0. The van der Waals surface area contributed by atoms with Crippen LogP contribution >= 0.6 is 0 Å². The van der Waals surface area contributed by atoms with Gasteiger partial charge in [-0.2, -0.15) is 0 Å². The summed E-state index contributed by atoms with van der Waals surface area (Å²) in [6.07, 6.45) is 1.14. The maximum Gasteiger partial charge on any atom is 0.335 e. The lowest BCUT2D eigenvalue weighted by Gasteiger charge is -2.06. The average Bonchev–Trinajstić information content (AvgIpc) is 2.16. The first-order chi connectivity index (χ1) is 7.52. The second-order valence-corrected chi connectivity index (χ2v) is 3.45. The van der Waals surface area contributed by atoms with E-state index < -0.39 is 5.97 Å². The molecule has 0 aliphatic carbocycles. The minimum Gasteiger partial charge on any atom is -0.478 e. The number of carboxylic acid groups (broad SMARTS) is 1. The smallest absolute Gasteiger partial charge is 0.335 e. The molecule has 0 saturated heterocycles. The Labute approximate surface area is 93.3 Å². The van der Waals surface area contributed by atoms with E-state index in [0.717, 1.165) is 6.42 Å². The highest BCUT2D eigenvalue weighted by atomic mass is 16.4. The van der Waals surface area contributed by atoms with Crippen LogP contribution in [0.2, 0.25) is 0 Å². The number of hydrogen-bond donors (Lipinski definition) is 3. The minimum absolute atomic E-state index is 0.0619. The fourth-order valence-corrected chi connectivity index (χ4v) is 1.30. The predicted octanol–water partition coefficient (Wildman–Crippen LogP) is 1.71. The van der Waals surface area contributed by atoms with E-state index in [1.807, 2.05) is 6.92 Å². The highest BCUT2D eigenvalue weighted by Crippen LogP contribution is 2.17. The molecule has 5 heteroatoms. The molecular formula is C11H14N2O3. The topological polar surface area (TPSA) is 92.4 Å². The fourth-order valence-electron chi connectivity index (χ4n) is 1.30. The number of carbonyl (C=O) groups excluding carboxylic acids is 1. The summed E-state index contributed by atoms with van der Waals surface area (Å²) in [4.78, 5) is 22.1. The molecule has 0 atom stereocenters. The van der Waals surface area contributed by atoms with Crippen molar-refractivity contribution < 1.29 is 14.7 Å². The summed E-state index contributed by atoms with van der Waals surface area (Å²) in [6.45, 7) is 1.89. The molecule has 1 aromatic carbocycles. The van der Waals surface area contributed by atoms with Crippen LogP contribution in [0.4, 0.5) is 11.4 Å². The number of benzene rings is 1. The van der Waals surface area contributed by atoms with Crippen LogP contribution in [0.1, 0.15) is 30.1 Å². The zero-order valence-corrected chi connectivity index (χ0v) is 8.99. The number of anilines is 2. The zero-order chi connectivity index (χ0) is 12.1. The fraction of sp³-hybridized carbons (Fsp3) is 0.273. The Balaban J connectivity index is 2.88. The van der Waals surface area contributed by atoms with Crippen molar-refractivity contribution in [1.29, 1.82) is 0 Å². The van der Waals surface area contributed by atoms with Crippen molar-refractivity contribution in [3.63, 3.8) is 0 Å². The van der Waals surface area contributed by atoms with Gasteiger partial charge in [-0.3, -0.25) is 4.79 Å². The molecule has 5 nitrogen and oxygen atoms in total. The highest BCUT2D eigenvalue weighted by Gasteiger charge is 2.07. The molecule has 0 fully saturated rings. The Bertz CT molecular complexity index is 416.